The van der Waals surface area contributed by atoms with E-state index in [4.69, 9.17) is 20.6 Å². The molecule has 1 amide bonds. The number of benzene rings is 2. The lowest BCUT2D eigenvalue weighted by Gasteiger charge is -2.24. The molecule has 7 nitrogen and oxygen atoms in total. The number of aromatic nitrogens is 2. The zero-order valence-electron chi connectivity index (χ0n) is 16.7. The summed E-state index contributed by atoms with van der Waals surface area (Å²) in [5.74, 6) is 4.81. The first-order valence-electron chi connectivity index (χ1n) is 9.40. The maximum atomic E-state index is 12.5. The van der Waals surface area contributed by atoms with Crippen molar-refractivity contribution in [2.24, 2.45) is 0 Å². The highest BCUT2D eigenvalue weighted by molar-refractivity contribution is 5.94. The number of terminal acetylenes is 1. The summed E-state index contributed by atoms with van der Waals surface area (Å²) in [5, 5.41) is 2.95. The van der Waals surface area contributed by atoms with Gasteiger partial charge < -0.3 is 19.5 Å². The van der Waals surface area contributed by atoms with Gasteiger partial charge in [0.2, 0.25) is 5.91 Å². The number of anilines is 1. The number of hydrogen-bond donors (Lipinski definition) is 1. The molecule has 1 aliphatic rings. The third kappa shape index (κ3) is 3.55. The largest absolute Gasteiger partial charge is 0.497 e. The minimum absolute atomic E-state index is 0.0746. The topological polar surface area (TPSA) is 74.6 Å². The van der Waals surface area contributed by atoms with Crippen molar-refractivity contribution in [3.8, 4) is 35.3 Å². The van der Waals surface area contributed by atoms with Crippen LogP contribution in [-0.4, -0.2) is 36.3 Å². The molecule has 0 bridgehead atoms. The van der Waals surface area contributed by atoms with Crippen LogP contribution in [0.3, 0.4) is 0 Å². The lowest BCUT2D eigenvalue weighted by molar-refractivity contribution is -0.116. The van der Waals surface area contributed by atoms with Crippen molar-refractivity contribution < 1.29 is 19.0 Å². The minimum atomic E-state index is -0.166. The average Bonchev–Trinajstić information content (AvgIpc) is 3.20. The van der Waals surface area contributed by atoms with E-state index in [2.05, 4.69) is 16.2 Å². The number of methoxy groups -OCH3 is 2. The van der Waals surface area contributed by atoms with Crippen molar-refractivity contribution in [1.82, 2.24) is 9.55 Å². The van der Waals surface area contributed by atoms with E-state index in [0.29, 0.717) is 29.5 Å². The Morgan fingerprint density at radius 2 is 1.93 bits per heavy atom. The lowest BCUT2D eigenvalue weighted by atomic mass is 9.90. The van der Waals surface area contributed by atoms with Crippen LogP contribution in [0.15, 0.2) is 48.8 Å². The number of nitrogens with zero attached hydrogens (tertiary/aromatic N) is 2. The van der Waals surface area contributed by atoms with Crippen molar-refractivity contribution in [3.05, 3.63) is 60.0 Å². The maximum absolute atomic E-state index is 12.5. The lowest BCUT2D eigenvalue weighted by Crippen LogP contribution is -2.25. The smallest absolute Gasteiger partial charge is 0.226 e. The molecule has 0 unspecified atom stereocenters. The number of fused-ring (bicyclic) bond motifs is 1. The Morgan fingerprint density at radius 1 is 1.17 bits per heavy atom. The van der Waals surface area contributed by atoms with Crippen molar-refractivity contribution in [2.75, 3.05) is 26.1 Å². The molecule has 1 aromatic heterocycles. The van der Waals surface area contributed by atoms with Gasteiger partial charge in [0.15, 0.2) is 0 Å². The molecule has 2 heterocycles. The Balaban J connectivity index is 1.72. The summed E-state index contributed by atoms with van der Waals surface area (Å²) >= 11 is 0. The van der Waals surface area contributed by atoms with Gasteiger partial charge in [-0.05, 0) is 29.8 Å². The van der Waals surface area contributed by atoms with Crippen LogP contribution < -0.4 is 19.5 Å². The fourth-order valence-corrected chi connectivity index (χ4v) is 3.57. The van der Waals surface area contributed by atoms with E-state index in [1.165, 1.54) is 0 Å². The summed E-state index contributed by atoms with van der Waals surface area (Å²) in [4.78, 5) is 17.1. The highest BCUT2D eigenvalue weighted by atomic mass is 16.5. The summed E-state index contributed by atoms with van der Waals surface area (Å²) in [6, 6.07) is 13.1. The van der Waals surface area contributed by atoms with E-state index < -0.39 is 0 Å². The van der Waals surface area contributed by atoms with Gasteiger partial charge in [-0.15, -0.1) is 6.42 Å². The first-order valence-corrected chi connectivity index (χ1v) is 9.40. The van der Waals surface area contributed by atoms with Crippen LogP contribution in [-0.2, 0) is 4.79 Å². The molecule has 0 aliphatic carbocycles. The number of rotatable bonds is 6. The molecule has 4 rings (SSSR count). The van der Waals surface area contributed by atoms with Gasteiger partial charge >= 0.3 is 0 Å². The molecule has 7 heteroatoms. The average molecular weight is 403 g/mol. The van der Waals surface area contributed by atoms with Crippen LogP contribution in [0.2, 0.25) is 0 Å². The second kappa shape index (κ2) is 8.21. The summed E-state index contributed by atoms with van der Waals surface area (Å²) < 4.78 is 18.0. The number of hydrogen-bond acceptors (Lipinski definition) is 5. The van der Waals surface area contributed by atoms with Crippen LogP contribution in [0.25, 0.3) is 5.69 Å². The number of amides is 1. The van der Waals surface area contributed by atoms with E-state index in [9.17, 15) is 4.79 Å². The van der Waals surface area contributed by atoms with Gasteiger partial charge in [-0.3, -0.25) is 9.36 Å². The number of ether oxygens (including phenoxy) is 3. The molecular formula is C23H21N3O4. The Morgan fingerprint density at radius 3 is 2.63 bits per heavy atom. The number of carbonyl (C=O) groups excluding carboxylic acids is 1. The predicted molar refractivity (Wildman–Crippen MR) is 113 cm³/mol. The zero-order valence-corrected chi connectivity index (χ0v) is 16.7. The molecule has 0 saturated carbocycles. The summed E-state index contributed by atoms with van der Waals surface area (Å²) in [5.41, 5.74) is 2.53. The van der Waals surface area contributed by atoms with Crippen LogP contribution in [0.1, 0.15) is 23.6 Å². The van der Waals surface area contributed by atoms with E-state index >= 15 is 0 Å². The Kier molecular flexibility index (Phi) is 5.31. The third-order valence-electron chi connectivity index (χ3n) is 5.02. The third-order valence-corrected chi connectivity index (χ3v) is 5.02. The van der Waals surface area contributed by atoms with Gasteiger partial charge in [0.05, 0.1) is 25.6 Å². The van der Waals surface area contributed by atoms with Crippen LogP contribution in [0.5, 0.6) is 17.2 Å². The van der Waals surface area contributed by atoms with Crippen molar-refractivity contribution >= 4 is 11.7 Å². The second-order valence-corrected chi connectivity index (χ2v) is 6.75. The molecule has 3 aromatic rings. The van der Waals surface area contributed by atoms with Crippen LogP contribution in [0.4, 0.5) is 5.82 Å². The summed E-state index contributed by atoms with van der Waals surface area (Å²) in [6.45, 7) is 0.212. The first kappa shape index (κ1) is 19.4. The van der Waals surface area contributed by atoms with Crippen LogP contribution >= 0.6 is 0 Å². The molecule has 0 fully saturated rings. The highest BCUT2D eigenvalue weighted by Crippen LogP contribution is 2.39. The predicted octanol–water partition coefficient (Wildman–Crippen LogP) is 3.38. The Bertz CT molecular complexity index is 1110. The molecule has 0 spiro atoms. The van der Waals surface area contributed by atoms with E-state index in [1.54, 1.807) is 26.6 Å². The molecule has 1 atom stereocenters. The summed E-state index contributed by atoms with van der Waals surface area (Å²) in [6.07, 6.45) is 7.24. The van der Waals surface area contributed by atoms with Gasteiger partial charge in [0, 0.05) is 18.4 Å². The van der Waals surface area contributed by atoms with Gasteiger partial charge in [-0.2, -0.15) is 0 Å². The van der Waals surface area contributed by atoms with Crippen molar-refractivity contribution in [2.45, 2.75) is 12.3 Å². The summed E-state index contributed by atoms with van der Waals surface area (Å²) in [7, 11) is 3.19. The van der Waals surface area contributed by atoms with Gasteiger partial charge in [0.25, 0.3) is 0 Å². The van der Waals surface area contributed by atoms with E-state index in [-0.39, 0.29) is 18.4 Å². The molecule has 152 valence electrons. The highest BCUT2D eigenvalue weighted by Gasteiger charge is 2.31. The normalized spacial score (nSPS) is 15.0. The second-order valence-electron chi connectivity index (χ2n) is 6.75. The Hall–Kier alpha value is -3.92. The van der Waals surface area contributed by atoms with E-state index in [1.807, 2.05) is 41.0 Å². The monoisotopic (exact) mass is 403 g/mol. The quantitative estimate of drug-likeness (QED) is 0.639. The molecule has 2 aromatic carbocycles. The maximum Gasteiger partial charge on any atom is 0.226 e. The molecule has 1 aliphatic heterocycles. The molecular weight excluding hydrogens is 382 g/mol. The SMILES string of the molecule is C#CCOc1ccc([C@H]2CC(=O)Nc3c2ncn3-c2ccc(OC)cc2OC)cc1. The molecule has 0 radical (unpaired) electrons. The minimum Gasteiger partial charge on any atom is -0.497 e. The zero-order chi connectivity index (χ0) is 21.1. The fourth-order valence-electron chi connectivity index (χ4n) is 3.57. The first-order chi connectivity index (χ1) is 14.6. The van der Waals surface area contributed by atoms with Crippen LogP contribution in [0, 0.1) is 12.3 Å². The number of nitrogens with one attached hydrogen (secondary N) is 1. The molecule has 0 saturated heterocycles. The van der Waals surface area contributed by atoms with Gasteiger partial charge in [-0.25, -0.2) is 4.98 Å². The van der Waals surface area contributed by atoms with Gasteiger partial charge in [0.1, 0.15) is 36.0 Å². The molecule has 30 heavy (non-hydrogen) atoms. The standard InChI is InChI=1S/C23H21N3O4/c1-4-11-30-16-7-5-15(6-8-16)18-13-21(27)25-23-22(18)24-14-26(23)19-10-9-17(28-2)12-20(19)29-3/h1,5-10,12,14,18H,11,13H2,2-3H3,(H,25,27)/t18-/m1/s1. The van der Waals surface area contributed by atoms with Crippen molar-refractivity contribution in [1.29, 1.82) is 0 Å². The number of carbonyl (C=O) groups is 1. The Labute approximate surface area is 174 Å². The number of imidazole rings is 1. The van der Waals surface area contributed by atoms with Crippen molar-refractivity contribution in [3.63, 3.8) is 0 Å². The van der Waals surface area contributed by atoms with Gasteiger partial charge in [-0.1, -0.05) is 18.1 Å². The van der Waals surface area contributed by atoms with E-state index in [0.717, 1.165) is 16.9 Å². The fraction of sp³-hybridized carbons (Fsp3) is 0.217. The molecule has 1 N–H and O–H groups in total.